The molecular formula is C16H24N2O9. The quantitative estimate of drug-likeness (QED) is 0.338. The van der Waals surface area contributed by atoms with E-state index in [4.69, 9.17) is 14.3 Å². The van der Waals surface area contributed by atoms with Gasteiger partial charge in [0.05, 0.1) is 25.2 Å². The van der Waals surface area contributed by atoms with Crippen LogP contribution >= 0.6 is 0 Å². The third-order valence-electron chi connectivity index (χ3n) is 3.87. The SMILES string of the molecule is CC1CC(O)C(O)C(OCCNC(=O)CCC(=O)On2c(O)ccc2O)O1. The molecule has 1 aromatic heterocycles. The number of aliphatic hydroxyl groups excluding tert-OH is 2. The number of nitrogens with one attached hydrogen (secondary N) is 1. The molecule has 1 amide bonds. The van der Waals surface area contributed by atoms with E-state index in [-0.39, 0.29) is 32.1 Å². The van der Waals surface area contributed by atoms with Crippen LogP contribution in [0.4, 0.5) is 0 Å². The maximum absolute atomic E-state index is 11.7. The number of carbonyl (C=O) groups excluding carboxylic acids is 2. The van der Waals surface area contributed by atoms with Crippen molar-refractivity contribution in [2.24, 2.45) is 0 Å². The molecule has 2 heterocycles. The highest BCUT2D eigenvalue weighted by Gasteiger charge is 2.35. The Labute approximate surface area is 155 Å². The van der Waals surface area contributed by atoms with Gasteiger partial charge in [0.15, 0.2) is 6.29 Å². The van der Waals surface area contributed by atoms with E-state index in [2.05, 4.69) is 5.32 Å². The maximum Gasteiger partial charge on any atom is 0.333 e. The Morgan fingerprint density at radius 3 is 2.59 bits per heavy atom. The van der Waals surface area contributed by atoms with Crippen molar-refractivity contribution in [3.63, 3.8) is 0 Å². The van der Waals surface area contributed by atoms with Crippen molar-refractivity contribution in [2.75, 3.05) is 13.2 Å². The number of rotatable bonds is 8. The summed E-state index contributed by atoms with van der Waals surface area (Å²) in [6.45, 7) is 1.91. The van der Waals surface area contributed by atoms with E-state index in [9.17, 15) is 30.0 Å². The van der Waals surface area contributed by atoms with Crippen molar-refractivity contribution >= 4 is 11.9 Å². The number of nitrogens with zero attached hydrogens (tertiary/aromatic N) is 1. The first kappa shape index (κ1) is 21.0. The summed E-state index contributed by atoms with van der Waals surface area (Å²) >= 11 is 0. The van der Waals surface area contributed by atoms with Crippen LogP contribution in [0.1, 0.15) is 26.2 Å². The highest BCUT2D eigenvalue weighted by molar-refractivity contribution is 5.81. The molecule has 0 bridgehead atoms. The molecule has 0 saturated carbocycles. The first-order chi connectivity index (χ1) is 12.8. The van der Waals surface area contributed by atoms with Gasteiger partial charge < -0.3 is 40.1 Å². The third-order valence-corrected chi connectivity index (χ3v) is 3.87. The van der Waals surface area contributed by atoms with Crippen molar-refractivity contribution in [1.82, 2.24) is 10.0 Å². The zero-order chi connectivity index (χ0) is 20.0. The van der Waals surface area contributed by atoms with Gasteiger partial charge >= 0.3 is 5.97 Å². The van der Waals surface area contributed by atoms with Crippen LogP contribution in [0.25, 0.3) is 0 Å². The Hall–Kier alpha value is -2.34. The first-order valence-electron chi connectivity index (χ1n) is 8.48. The van der Waals surface area contributed by atoms with Crippen molar-refractivity contribution in [1.29, 1.82) is 0 Å². The van der Waals surface area contributed by atoms with E-state index < -0.39 is 42.1 Å². The minimum atomic E-state index is -1.16. The molecule has 0 aliphatic carbocycles. The Balaban J connectivity index is 1.61. The molecule has 0 radical (unpaired) electrons. The van der Waals surface area contributed by atoms with Crippen LogP contribution in [-0.4, -0.2) is 74.8 Å². The lowest BCUT2D eigenvalue weighted by Crippen LogP contribution is -2.49. The van der Waals surface area contributed by atoms with Crippen LogP contribution in [0.5, 0.6) is 11.8 Å². The van der Waals surface area contributed by atoms with Crippen molar-refractivity contribution in [2.45, 2.75) is 50.8 Å². The van der Waals surface area contributed by atoms with Crippen LogP contribution in [0.3, 0.4) is 0 Å². The maximum atomic E-state index is 11.7. The second-order valence-electron chi connectivity index (χ2n) is 6.14. The molecule has 0 spiro atoms. The summed E-state index contributed by atoms with van der Waals surface area (Å²) in [4.78, 5) is 28.0. The molecule has 0 aromatic carbocycles. The zero-order valence-electron chi connectivity index (χ0n) is 14.8. The number of aromatic nitrogens is 1. The molecule has 1 saturated heterocycles. The molecule has 4 unspecified atom stereocenters. The van der Waals surface area contributed by atoms with Crippen LogP contribution in [0.15, 0.2) is 12.1 Å². The van der Waals surface area contributed by atoms with Gasteiger partial charge in [-0.3, -0.25) is 4.79 Å². The van der Waals surface area contributed by atoms with Gasteiger partial charge in [0.2, 0.25) is 17.7 Å². The Morgan fingerprint density at radius 1 is 1.26 bits per heavy atom. The molecule has 152 valence electrons. The smallest absolute Gasteiger partial charge is 0.333 e. The van der Waals surface area contributed by atoms with Crippen molar-refractivity contribution in [3.05, 3.63) is 12.1 Å². The number of hydrogen-bond donors (Lipinski definition) is 5. The molecule has 2 rings (SSSR count). The van der Waals surface area contributed by atoms with Gasteiger partial charge in [-0.15, -0.1) is 4.73 Å². The Kier molecular flexibility index (Phi) is 7.42. The van der Waals surface area contributed by atoms with Gasteiger partial charge in [-0.1, -0.05) is 0 Å². The van der Waals surface area contributed by atoms with E-state index in [0.717, 1.165) is 12.1 Å². The van der Waals surface area contributed by atoms with Gasteiger partial charge in [-0.05, 0) is 6.92 Å². The van der Waals surface area contributed by atoms with Crippen molar-refractivity contribution < 1.29 is 44.3 Å². The number of hydrogen-bond acceptors (Lipinski definition) is 9. The number of ether oxygens (including phenoxy) is 2. The van der Waals surface area contributed by atoms with Crippen molar-refractivity contribution in [3.8, 4) is 11.8 Å². The average molecular weight is 388 g/mol. The molecular weight excluding hydrogens is 364 g/mol. The lowest BCUT2D eigenvalue weighted by molar-refractivity contribution is -0.262. The number of amides is 1. The summed E-state index contributed by atoms with van der Waals surface area (Å²) in [6.07, 6.45) is -3.44. The van der Waals surface area contributed by atoms with Crippen LogP contribution in [0.2, 0.25) is 0 Å². The first-order valence-corrected chi connectivity index (χ1v) is 8.48. The standard InChI is InChI=1S/C16H24N2O9/c1-9-8-10(19)15(24)16(26-9)25-7-6-17-11(20)2-5-14(23)27-18-12(21)3-4-13(18)22/h3-4,9-10,15-16,19,21-22,24H,2,5-8H2,1H3,(H,17,20). The highest BCUT2D eigenvalue weighted by atomic mass is 16.7. The second kappa shape index (κ2) is 9.55. The minimum Gasteiger partial charge on any atom is -0.492 e. The summed E-state index contributed by atoms with van der Waals surface area (Å²) in [5.74, 6) is -2.15. The van der Waals surface area contributed by atoms with E-state index in [1.807, 2.05) is 0 Å². The molecule has 5 N–H and O–H groups in total. The Bertz CT molecular complexity index is 628. The summed E-state index contributed by atoms with van der Waals surface area (Å²) < 4.78 is 11.2. The topological polar surface area (TPSA) is 160 Å². The molecule has 4 atom stereocenters. The van der Waals surface area contributed by atoms with Crippen LogP contribution in [-0.2, 0) is 19.1 Å². The number of aliphatic hydroxyl groups is 2. The summed E-state index contributed by atoms with van der Waals surface area (Å²) in [5, 5.41) is 40.6. The fourth-order valence-corrected chi connectivity index (χ4v) is 2.48. The zero-order valence-corrected chi connectivity index (χ0v) is 14.8. The number of aromatic hydroxyl groups is 2. The van der Waals surface area contributed by atoms with E-state index >= 15 is 0 Å². The predicted octanol–water partition coefficient (Wildman–Crippen LogP) is -1.38. The molecule has 1 aliphatic rings. The van der Waals surface area contributed by atoms with Gasteiger partial charge in [0, 0.05) is 31.5 Å². The normalized spacial score (nSPS) is 25.1. The van der Waals surface area contributed by atoms with Gasteiger partial charge in [-0.2, -0.15) is 0 Å². The van der Waals surface area contributed by atoms with E-state index in [0.29, 0.717) is 11.2 Å². The fraction of sp³-hybridized carbons (Fsp3) is 0.625. The van der Waals surface area contributed by atoms with Gasteiger partial charge in [0.25, 0.3) is 0 Å². The average Bonchev–Trinajstić information content (AvgIpc) is 2.92. The molecule has 27 heavy (non-hydrogen) atoms. The van der Waals surface area contributed by atoms with Gasteiger partial charge in [-0.25, -0.2) is 4.79 Å². The third kappa shape index (κ3) is 6.10. The molecule has 1 aromatic rings. The van der Waals surface area contributed by atoms with E-state index in [1.165, 1.54) is 0 Å². The monoisotopic (exact) mass is 388 g/mol. The van der Waals surface area contributed by atoms with Crippen LogP contribution in [0, 0.1) is 0 Å². The predicted molar refractivity (Wildman–Crippen MR) is 88.5 cm³/mol. The largest absolute Gasteiger partial charge is 0.492 e. The van der Waals surface area contributed by atoms with Crippen LogP contribution < -0.4 is 10.2 Å². The minimum absolute atomic E-state index is 0.0441. The molecule has 11 nitrogen and oxygen atoms in total. The second-order valence-corrected chi connectivity index (χ2v) is 6.14. The van der Waals surface area contributed by atoms with E-state index in [1.54, 1.807) is 6.92 Å². The lowest BCUT2D eigenvalue weighted by Gasteiger charge is -2.35. The molecule has 11 heteroatoms. The fourth-order valence-electron chi connectivity index (χ4n) is 2.48. The Morgan fingerprint density at radius 2 is 1.93 bits per heavy atom. The summed E-state index contributed by atoms with van der Waals surface area (Å²) in [5.41, 5.74) is 0. The summed E-state index contributed by atoms with van der Waals surface area (Å²) in [6, 6.07) is 2.28. The van der Waals surface area contributed by atoms with Gasteiger partial charge in [0.1, 0.15) is 6.10 Å². The summed E-state index contributed by atoms with van der Waals surface area (Å²) in [7, 11) is 0. The molecule has 1 aliphatic heterocycles. The highest BCUT2D eigenvalue weighted by Crippen LogP contribution is 2.21. The lowest BCUT2D eigenvalue weighted by atomic mass is 10.0. The number of carbonyl (C=O) groups is 2. The molecule has 1 fully saturated rings.